The Morgan fingerprint density at radius 3 is 2.75 bits per heavy atom. The third-order valence-corrected chi connectivity index (χ3v) is 2.49. The lowest BCUT2D eigenvalue weighted by molar-refractivity contribution is -0.114. The van der Waals surface area contributed by atoms with Crippen molar-refractivity contribution in [3.63, 3.8) is 0 Å². The Morgan fingerprint density at radius 2 is 2.06 bits per heavy atom. The standard InChI is InChI=1S/C10H15N5O/c1-8(16)13-9-11-7-12-10(14-9)15-5-3-2-4-6-15/h7H,2-6H2,1H3,(H,11,12,13,14,16). The molecule has 0 atom stereocenters. The van der Waals surface area contributed by atoms with Gasteiger partial charge in [0.15, 0.2) is 0 Å². The summed E-state index contributed by atoms with van der Waals surface area (Å²) in [6.07, 6.45) is 5.03. The number of amides is 1. The number of anilines is 2. The van der Waals surface area contributed by atoms with E-state index in [0.717, 1.165) is 13.1 Å². The second-order valence-corrected chi connectivity index (χ2v) is 3.84. The maximum absolute atomic E-state index is 10.9. The molecule has 0 spiro atoms. The normalized spacial score (nSPS) is 15.9. The lowest BCUT2D eigenvalue weighted by Gasteiger charge is -2.26. The summed E-state index contributed by atoms with van der Waals surface area (Å²) in [6, 6.07) is 0. The van der Waals surface area contributed by atoms with Crippen molar-refractivity contribution >= 4 is 17.8 Å². The molecule has 0 saturated carbocycles. The quantitative estimate of drug-likeness (QED) is 0.800. The van der Waals surface area contributed by atoms with Crippen LogP contribution >= 0.6 is 0 Å². The van der Waals surface area contributed by atoms with Crippen molar-refractivity contribution in [3.8, 4) is 0 Å². The molecule has 1 saturated heterocycles. The highest BCUT2D eigenvalue weighted by atomic mass is 16.1. The lowest BCUT2D eigenvalue weighted by Crippen LogP contribution is -2.31. The molecule has 1 aromatic rings. The number of hydrogen-bond donors (Lipinski definition) is 1. The molecule has 1 aromatic heterocycles. The fourth-order valence-corrected chi connectivity index (χ4v) is 1.75. The Bertz CT molecular complexity index is 375. The summed E-state index contributed by atoms with van der Waals surface area (Å²) in [4.78, 5) is 25.2. The number of hydrogen-bond acceptors (Lipinski definition) is 5. The van der Waals surface area contributed by atoms with E-state index in [1.807, 2.05) is 0 Å². The molecule has 0 radical (unpaired) electrons. The maximum Gasteiger partial charge on any atom is 0.234 e. The minimum Gasteiger partial charge on any atom is -0.341 e. The fraction of sp³-hybridized carbons (Fsp3) is 0.600. The molecule has 2 heterocycles. The van der Waals surface area contributed by atoms with Crippen LogP contribution in [0.25, 0.3) is 0 Å². The van der Waals surface area contributed by atoms with Crippen LogP contribution in [-0.4, -0.2) is 33.9 Å². The summed E-state index contributed by atoms with van der Waals surface area (Å²) >= 11 is 0. The molecule has 86 valence electrons. The van der Waals surface area contributed by atoms with E-state index in [-0.39, 0.29) is 5.91 Å². The van der Waals surface area contributed by atoms with Gasteiger partial charge in [0.05, 0.1) is 0 Å². The highest BCUT2D eigenvalue weighted by molar-refractivity contribution is 5.86. The minimum absolute atomic E-state index is 0.171. The number of nitrogens with zero attached hydrogens (tertiary/aromatic N) is 4. The molecule has 2 rings (SSSR count). The first kappa shape index (κ1) is 10.8. The van der Waals surface area contributed by atoms with Crippen LogP contribution in [-0.2, 0) is 4.79 Å². The predicted molar refractivity (Wildman–Crippen MR) is 60.2 cm³/mol. The van der Waals surface area contributed by atoms with Gasteiger partial charge in [-0.3, -0.25) is 10.1 Å². The highest BCUT2D eigenvalue weighted by Gasteiger charge is 2.14. The summed E-state index contributed by atoms with van der Waals surface area (Å²) in [5.41, 5.74) is 0. The highest BCUT2D eigenvalue weighted by Crippen LogP contribution is 2.15. The van der Waals surface area contributed by atoms with E-state index in [0.29, 0.717) is 11.9 Å². The van der Waals surface area contributed by atoms with Crippen LogP contribution in [0.2, 0.25) is 0 Å². The smallest absolute Gasteiger partial charge is 0.234 e. The van der Waals surface area contributed by atoms with Crippen molar-refractivity contribution < 1.29 is 4.79 Å². The SMILES string of the molecule is CC(=O)Nc1ncnc(N2CCCCC2)n1. The number of carbonyl (C=O) groups excluding carboxylic acids is 1. The van der Waals surface area contributed by atoms with E-state index in [4.69, 9.17) is 0 Å². The molecule has 0 aliphatic carbocycles. The van der Waals surface area contributed by atoms with Gasteiger partial charge in [-0.15, -0.1) is 0 Å². The van der Waals surface area contributed by atoms with Gasteiger partial charge in [-0.2, -0.15) is 4.98 Å². The molecular weight excluding hydrogens is 206 g/mol. The van der Waals surface area contributed by atoms with E-state index in [1.54, 1.807) is 0 Å². The third-order valence-electron chi connectivity index (χ3n) is 2.49. The van der Waals surface area contributed by atoms with Crippen LogP contribution in [0.15, 0.2) is 6.33 Å². The molecule has 1 amide bonds. The van der Waals surface area contributed by atoms with Gasteiger partial charge in [-0.25, -0.2) is 9.97 Å². The van der Waals surface area contributed by atoms with Crippen molar-refractivity contribution in [3.05, 3.63) is 6.33 Å². The van der Waals surface area contributed by atoms with Gasteiger partial charge in [0.2, 0.25) is 17.8 Å². The van der Waals surface area contributed by atoms with Crippen molar-refractivity contribution in [1.29, 1.82) is 0 Å². The number of carbonyl (C=O) groups is 1. The van der Waals surface area contributed by atoms with Gasteiger partial charge in [-0.05, 0) is 19.3 Å². The molecule has 0 bridgehead atoms. The van der Waals surface area contributed by atoms with Gasteiger partial charge < -0.3 is 4.90 Å². The minimum atomic E-state index is -0.171. The summed E-state index contributed by atoms with van der Waals surface area (Å²) in [5, 5.41) is 2.56. The fourth-order valence-electron chi connectivity index (χ4n) is 1.75. The number of nitrogens with one attached hydrogen (secondary N) is 1. The first-order valence-corrected chi connectivity index (χ1v) is 5.47. The van der Waals surface area contributed by atoms with Crippen LogP contribution in [0, 0.1) is 0 Å². The second kappa shape index (κ2) is 4.87. The van der Waals surface area contributed by atoms with Crippen molar-refractivity contribution in [1.82, 2.24) is 15.0 Å². The van der Waals surface area contributed by atoms with Crippen LogP contribution in [0.4, 0.5) is 11.9 Å². The van der Waals surface area contributed by atoms with E-state index in [1.165, 1.54) is 32.5 Å². The Balaban J connectivity index is 2.11. The first-order chi connectivity index (χ1) is 7.75. The van der Waals surface area contributed by atoms with Crippen LogP contribution < -0.4 is 10.2 Å². The zero-order valence-corrected chi connectivity index (χ0v) is 9.31. The second-order valence-electron chi connectivity index (χ2n) is 3.84. The third kappa shape index (κ3) is 2.65. The summed E-state index contributed by atoms with van der Waals surface area (Å²) in [7, 11) is 0. The number of aromatic nitrogens is 3. The molecular formula is C10H15N5O. The van der Waals surface area contributed by atoms with Gasteiger partial charge in [-0.1, -0.05) is 0 Å². The molecule has 1 aliphatic rings. The van der Waals surface area contributed by atoms with Crippen molar-refractivity contribution in [2.45, 2.75) is 26.2 Å². The lowest BCUT2D eigenvalue weighted by atomic mass is 10.1. The van der Waals surface area contributed by atoms with Gasteiger partial charge in [0.25, 0.3) is 0 Å². The Hall–Kier alpha value is -1.72. The van der Waals surface area contributed by atoms with Crippen molar-refractivity contribution in [2.75, 3.05) is 23.3 Å². The van der Waals surface area contributed by atoms with E-state index in [2.05, 4.69) is 25.2 Å². The molecule has 0 unspecified atom stereocenters. The molecule has 1 N–H and O–H groups in total. The molecule has 6 heteroatoms. The zero-order valence-electron chi connectivity index (χ0n) is 9.31. The summed E-state index contributed by atoms with van der Waals surface area (Å²) in [5.74, 6) is 0.803. The zero-order chi connectivity index (χ0) is 11.4. The topological polar surface area (TPSA) is 71.0 Å². The van der Waals surface area contributed by atoms with Crippen LogP contribution in [0.5, 0.6) is 0 Å². The molecule has 0 aromatic carbocycles. The molecule has 1 fully saturated rings. The predicted octanol–water partition coefficient (Wildman–Crippen LogP) is 0.820. The molecule has 1 aliphatic heterocycles. The van der Waals surface area contributed by atoms with Gasteiger partial charge in [0, 0.05) is 20.0 Å². The number of rotatable bonds is 2. The van der Waals surface area contributed by atoms with Crippen molar-refractivity contribution in [2.24, 2.45) is 0 Å². The number of piperidine rings is 1. The Morgan fingerprint density at radius 1 is 1.31 bits per heavy atom. The van der Waals surface area contributed by atoms with E-state index in [9.17, 15) is 4.79 Å². The first-order valence-electron chi connectivity index (χ1n) is 5.47. The molecule has 6 nitrogen and oxygen atoms in total. The van der Waals surface area contributed by atoms with Gasteiger partial charge >= 0.3 is 0 Å². The Kier molecular flexibility index (Phi) is 3.28. The maximum atomic E-state index is 10.9. The molecule has 16 heavy (non-hydrogen) atoms. The largest absolute Gasteiger partial charge is 0.341 e. The average Bonchev–Trinajstić information content (AvgIpc) is 2.30. The summed E-state index contributed by atoms with van der Waals surface area (Å²) < 4.78 is 0. The summed E-state index contributed by atoms with van der Waals surface area (Å²) in [6.45, 7) is 3.39. The van der Waals surface area contributed by atoms with E-state index < -0.39 is 0 Å². The van der Waals surface area contributed by atoms with Gasteiger partial charge in [0.1, 0.15) is 6.33 Å². The monoisotopic (exact) mass is 221 g/mol. The van der Waals surface area contributed by atoms with Crippen LogP contribution in [0.3, 0.4) is 0 Å². The van der Waals surface area contributed by atoms with Crippen LogP contribution in [0.1, 0.15) is 26.2 Å². The average molecular weight is 221 g/mol. The Labute approximate surface area is 94.1 Å². The van der Waals surface area contributed by atoms with E-state index >= 15 is 0 Å².